The quantitative estimate of drug-likeness (QED) is 0.0222. The lowest BCUT2D eigenvalue weighted by atomic mass is 10.00. The van der Waals surface area contributed by atoms with Gasteiger partial charge in [-0.15, -0.1) is 0 Å². The van der Waals surface area contributed by atoms with Crippen molar-refractivity contribution in [3.8, 4) is 0 Å². The Hall–Kier alpha value is -1.94. The molecule has 0 amide bonds. The summed E-state index contributed by atoms with van der Waals surface area (Å²) in [7, 11) is -9.93. The zero-order valence-electron chi connectivity index (χ0n) is 72.0. The molecule has 0 saturated carbocycles. The maximum Gasteiger partial charge on any atom is 0.472 e. The first-order valence-electron chi connectivity index (χ1n) is 46.4. The molecule has 0 radical (unpaired) electrons. The average molecular weight is 1590 g/mol. The van der Waals surface area contributed by atoms with Crippen LogP contribution in [0.2, 0.25) is 0 Å². The summed E-state index contributed by atoms with van der Waals surface area (Å²) < 4.78 is 69.0. The Balaban J connectivity index is 5.22. The number of esters is 4. The van der Waals surface area contributed by atoms with Crippen LogP contribution in [0.5, 0.6) is 0 Å². The van der Waals surface area contributed by atoms with E-state index in [9.17, 15) is 43.2 Å². The molecule has 0 aliphatic rings. The third kappa shape index (κ3) is 82.4. The molecule has 0 heterocycles. The predicted molar refractivity (Wildman–Crippen MR) is 451 cm³/mol. The summed E-state index contributed by atoms with van der Waals surface area (Å²) >= 11 is 0. The fourth-order valence-corrected chi connectivity index (χ4v) is 15.6. The average Bonchev–Trinajstić information content (AvgIpc) is 0.910. The molecule has 0 saturated heterocycles. The zero-order chi connectivity index (χ0) is 80.0. The fourth-order valence-electron chi connectivity index (χ4n) is 14.0. The minimum Gasteiger partial charge on any atom is -0.462 e. The first-order valence-corrected chi connectivity index (χ1v) is 49.4. The summed E-state index contributed by atoms with van der Waals surface area (Å²) in [5.74, 6) is 0.244. The molecule has 109 heavy (non-hydrogen) atoms. The van der Waals surface area contributed by atoms with E-state index in [1.54, 1.807) is 0 Å². The highest BCUT2D eigenvalue weighted by Gasteiger charge is 2.31. The van der Waals surface area contributed by atoms with E-state index in [0.29, 0.717) is 25.7 Å². The number of phosphoric ester groups is 2. The van der Waals surface area contributed by atoms with Crippen molar-refractivity contribution in [1.29, 1.82) is 0 Å². The van der Waals surface area contributed by atoms with E-state index in [1.807, 2.05) is 0 Å². The van der Waals surface area contributed by atoms with E-state index in [1.165, 1.54) is 283 Å². The van der Waals surface area contributed by atoms with Crippen LogP contribution < -0.4 is 0 Å². The molecule has 3 N–H and O–H groups in total. The molecule has 0 aromatic carbocycles. The number of carbonyl (C=O) groups is 4. The molecule has 0 aromatic rings. The molecule has 3 unspecified atom stereocenters. The molecule has 0 bridgehead atoms. The van der Waals surface area contributed by atoms with Crippen molar-refractivity contribution >= 4 is 39.5 Å². The smallest absolute Gasteiger partial charge is 0.462 e. The van der Waals surface area contributed by atoms with Gasteiger partial charge in [0.1, 0.15) is 19.3 Å². The van der Waals surface area contributed by atoms with Gasteiger partial charge in [-0.05, 0) is 43.4 Å². The van der Waals surface area contributed by atoms with Crippen LogP contribution in [-0.4, -0.2) is 96.7 Å². The Labute approximate surface area is 670 Å². The molecule has 0 spiro atoms. The Bertz CT molecular complexity index is 2100. The molecule has 0 aliphatic carbocycles. The lowest BCUT2D eigenvalue weighted by Gasteiger charge is -2.21. The SMILES string of the molecule is CCCCCCCCCCCCCCCCCCCCCCCCC(=O)O[C@H](COC(=O)CCCCCCCCCCCCCCCCCCC(C)C)COP(=O)(O)OC[C@@H](O)COP(=O)(O)OC[C@@H](COC(=O)CCCCCCCCC(C)CC)OC(=O)CCCCCCCCCCCCCCCCCC(C)C. The normalized spacial score (nSPS) is 14.1. The lowest BCUT2D eigenvalue weighted by Crippen LogP contribution is -2.30. The molecule has 17 nitrogen and oxygen atoms in total. The van der Waals surface area contributed by atoms with Gasteiger partial charge in [-0.1, -0.05) is 427 Å². The third-order valence-corrected chi connectivity index (χ3v) is 23.4. The fraction of sp³-hybridized carbons (Fsp3) is 0.956. The van der Waals surface area contributed by atoms with E-state index >= 15 is 0 Å². The van der Waals surface area contributed by atoms with Crippen LogP contribution in [0.1, 0.15) is 479 Å². The monoisotopic (exact) mass is 1590 g/mol. The number of aliphatic hydroxyl groups excluding tert-OH is 1. The van der Waals surface area contributed by atoms with Crippen LogP contribution >= 0.6 is 15.6 Å². The van der Waals surface area contributed by atoms with Crippen molar-refractivity contribution in [3.05, 3.63) is 0 Å². The Morgan fingerprint density at radius 2 is 0.468 bits per heavy atom. The van der Waals surface area contributed by atoms with Gasteiger partial charge in [-0.3, -0.25) is 37.3 Å². The summed E-state index contributed by atoms with van der Waals surface area (Å²) in [5, 5.41) is 10.7. The molecule has 6 atom stereocenters. The Morgan fingerprint density at radius 3 is 0.697 bits per heavy atom. The lowest BCUT2D eigenvalue weighted by molar-refractivity contribution is -0.161. The number of phosphoric acid groups is 2. The summed E-state index contributed by atoms with van der Waals surface area (Å²) in [6.07, 6.45) is 72.4. The van der Waals surface area contributed by atoms with Gasteiger partial charge in [-0.2, -0.15) is 0 Å². The number of aliphatic hydroxyl groups is 1. The van der Waals surface area contributed by atoms with E-state index < -0.39 is 97.5 Å². The maximum absolute atomic E-state index is 13.2. The van der Waals surface area contributed by atoms with Crippen molar-refractivity contribution in [2.45, 2.75) is 497 Å². The van der Waals surface area contributed by atoms with Gasteiger partial charge in [0.05, 0.1) is 26.4 Å². The molecule has 0 rings (SSSR count). The van der Waals surface area contributed by atoms with Gasteiger partial charge >= 0.3 is 39.5 Å². The number of rotatable bonds is 88. The van der Waals surface area contributed by atoms with Crippen LogP contribution in [0.15, 0.2) is 0 Å². The van der Waals surface area contributed by atoms with Crippen LogP contribution in [0.3, 0.4) is 0 Å². The number of unbranched alkanes of at least 4 members (excludes halogenated alkanes) is 55. The van der Waals surface area contributed by atoms with E-state index in [4.69, 9.17) is 37.0 Å². The first kappa shape index (κ1) is 107. The summed E-state index contributed by atoms with van der Waals surface area (Å²) in [5.41, 5.74) is 0. The predicted octanol–water partition coefficient (Wildman–Crippen LogP) is 27.6. The highest BCUT2D eigenvalue weighted by molar-refractivity contribution is 7.47. The molecule has 0 fully saturated rings. The van der Waals surface area contributed by atoms with Crippen LogP contribution in [0, 0.1) is 17.8 Å². The van der Waals surface area contributed by atoms with Crippen LogP contribution in [0.25, 0.3) is 0 Å². The molecular weight excluding hydrogens is 1410 g/mol. The van der Waals surface area contributed by atoms with Gasteiger partial charge in [0.25, 0.3) is 0 Å². The minimum absolute atomic E-state index is 0.107. The second kappa shape index (κ2) is 79.9. The van der Waals surface area contributed by atoms with Gasteiger partial charge < -0.3 is 33.8 Å². The van der Waals surface area contributed by atoms with Crippen molar-refractivity contribution in [3.63, 3.8) is 0 Å². The first-order chi connectivity index (χ1) is 52.8. The van der Waals surface area contributed by atoms with Crippen molar-refractivity contribution in [2.24, 2.45) is 17.8 Å². The minimum atomic E-state index is -4.97. The number of hydrogen-bond donors (Lipinski definition) is 3. The van der Waals surface area contributed by atoms with Gasteiger partial charge in [0.15, 0.2) is 12.2 Å². The molecule has 0 aliphatic heterocycles. The Morgan fingerprint density at radius 1 is 0.266 bits per heavy atom. The highest BCUT2D eigenvalue weighted by atomic mass is 31.2. The van der Waals surface area contributed by atoms with E-state index in [2.05, 4.69) is 48.5 Å². The van der Waals surface area contributed by atoms with E-state index in [-0.39, 0.29) is 25.7 Å². The van der Waals surface area contributed by atoms with Crippen molar-refractivity contribution < 1.29 is 80.2 Å². The van der Waals surface area contributed by atoms with Gasteiger partial charge in [0.2, 0.25) is 0 Å². The third-order valence-electron chi connectivity index (χ3n) is 21.5. The highest BCUT2D eigenvalue weighted by Crippen LogP contribution is 2.45. The second-order valence-corrected chi connectivity index (χ2v) is 36.4. The standard InChI is InChI=1S/C90H176O17P2/c1-8-10-11-12-13-14-15-16-17-18-19-20-21-22-23-30-35-40-45-50-59-66-73-89(94)106-85(77-100-87(92)71-64-57-49-44-39-34-29-25-24-27-32-37-42-47-54-61-68-81(3)4)79-104-108(96,97)102-75-84(91)76-103-109(98,99)105-80-86(78-101-88(93)72-65-58-53-52-56-63-70-83(7)9-2)107-90(95)74-67-60-51-46-41-36-31-26-28-33-38-43-48-55-62-69-82(5)6/h81-86,91H,8-80H2,1-7H3,(H,96,97)(H,98,99)/t83?,84-,85-,86-/m1/s1. The van der Waals surface area contributed by atoms with Gasteiger partial charge in [-0.25, -0.2) is 9.13 Å². The number of ether oxygens (including phenoxy) is 4. The Kier molecular flexibility index (Phi) is 78.5. The molecule has 648 valence electrons. The zero-order valence-corrected chi connectivity index (χ0v) is 73.8. The van der Waals surface area contributed by atoms with Gasteiger partial charge in [0, 0.05) is 25.7 Å². The summed E-state index contributed by atoms with van der Waals surface area (Å²) in [6, 6.07) is 0. The molecular formula is C90H176O17P2. The number of carbonyl (C=O) groups excluding carboxylic acids is 4. The summed E-state index contributed by atoms with van der Waals surface area (Å²) in [4.78, 5) is 73.3. The number of hydrogen-bond acceptors (Lipinski definition) is 15. The van der Waals surface area contributed by atoms with Crippen LogP contribution in [0.4, 0.5) is 0 Å². The molecule has 19 heteroatoms. The molecule has 0 aromatic heterocycles. The largest absolute Gasteiger partial charge is 0.472 e. The van der Waals surface area contributed by atoms with Crippen molar-refractivity contribution in [1.82, 2.24) is 0 Å². The summed E-state index contributed by atoms with van der Waals surface area (Å²) in [6.45, 7) is 12.0. The van der Waals surface area contributed by atoms with Crippen molar-refractivity contribution in [2.75, 3.05) is 39.6 Å². The topological polar surface area (TPSA) is 237 Å². The van der Waals surface area contributed by atoms with E-state index in [0.717, 1.165) is 114 Å². The maximum atomic E-state index is 13.2. The van der Waals surface area contributed by atoms with Crippen LogP contribution in [-0.2, 0) is 65.4 Å². The second-order valence-electron chi connectivity index (χ2n) is 33.5.